The third-order valence-electron chi connectivity index (χ3n) is 4.69. The van der Waals surface area contributed by atoms with Crippen molar-refractivity contribution in [3.63, 3.8) is 0 Å². The van der Waals surface area contributed by atoms with E-state index in [2.05, 4.69) is 15.1 Å². The van der Waals surface area contributed by atoms with Gasteiger partial charge in [-0.25, -0.2) is 13.4 Å². The lowest BCUT2D eigenvalue weighted by atomic mass is 10.2. The van der Waals surface area contributed by atoms with E-state index in [0.29, 0.717) is 31.7 Å². The van der Waals surface area contributed by atoms with Gasteiger partial charge in [0.1, 0.15) is 10.7 Å². The Morgan fingerprint density at radius 1 is 1.23 bits per heavy atom. The second-order valence-electron chi connectivity index (χ2n) is 6.40. The van der Waals surface area contributed by atoms with Crippen LogP contribution in [0.5, 0.6) is 0 Å². The normalized spacial score (nSPS) is 15.2. The van der Waals surface area contributed by atoms with Crippen molar-refractivity contribution >= 4 is 10.0 Å². The summed E-state index contributed by atoms with van der Waals surface area (Å²) in [6, 6.07) is 9.85. The Hall–Kier alpha value is -2.45. The fourth-order valence-corrected chi connectivity index (χ4v) is 4.84. The van der Waals surface area contributed by atoms with Gasteiger partial charge in [-0.05, 0) is 13.8 Å². The van der Waals surface area contributed by atoms with Crippen molar-refractivity contribution in [2.24, 2.45) is 0 Å². The lowest BCUT2D eigenvalue weighted by molar-refractivity contribution is 0.385. The molecule has 136 valence electrons. The highest BCUT2D eigenvalue weighted by atomic mass is 32.2. The number of sulfonamides is 1. The van der Waals surface area contributed by atoms with Crippen molar-refractivity contribution in [1.82, 2.24) is 24.1 Å². The van der Waals surface area contributed by atoms with Crippen molar-refractivity contribution in [2.45, 2.75) is 38.3 Å². The van der Waals surface area contributed by atoms with E-state index in [9.17, 15) is 8.42 Å². The summed E-state index contributed by atoms with van der Waals surface area (Å²) in [4.78, 5) is 8.23. The maximum atomic E-state index is 13.1. The molecule has 0 unspecified atom stereocenters. The predicted octanol–water partition coefficient (Wildman–Crippen LogP) is 2.35. The van der Waals surface area contributed by atoms with Crippen LogP contribution in [0.4, 0.5) is 0 Å². The summed E-state index contributed by atoms with van der Waals surface area (Å²) >= 11 is 0. The molecule has 0 fully saturated rings. The second kappa shape index (κ2) is 6.37. The Morgan fingerprint density at radius 3 is 2.69 bits per heavy atom. The van der Waals surface area contributed by atoms with Gasteiger partial charge >= 0.3 is 0 Å². The van der Waals surface area contributed by atoms with Crippen molar-refractivity contribution in [3.05, 3.63) is 53.6 Å². The molecule has 8 heteroatoms. The molecule has 3 heterocycles. The number of aryl methyl sites for hydroxylation is 2. The molecule has 0 amide bonds. The average molecular weight is 371 g/mol. The highest BCUT2D eigenvalue weighted by Gasteiger charge is 2.32. The zero-order valence-corrected chi connectivity index (χ0v) is 15.6. The van der Waals surface area contributed by atoms with Gasteiger partial charge in [0.05, 0.1) is 23.6 Å². The van der Waals surface area contributed by atoms with Crippen molar-refractivity contribution in [1.29, 1.82) is 0 Å². The minimum Gasteiger partial charge on any atom is -0.341 e. The van der Waals surface area contributed by atoms with E-state index in [1.54, 1.807) is 17.8 Å². The third-order valence-corrected chi connectivity index (χ3v) is 6.64. The van der Waals surface area contributed by atoms with Gasteiger partial charge in [-0.15, -0.1) is 0 Å². The van der Waals surface area contributed by atoms with Crippen molar-refractivity contribution in [3.8, 4) is 11.4 Å². The summed E-state index contributed by atoms with van der Waals surface area (Å²) in [6.07, 6.45) is 2.21. The monoisotopic (exact) mass is 371 g/mol. The van der Waals surface area contributed by atoms with Crippen molar-refractivity contribution < 1.29 is 8.42 Å². The summed E-state index contributed by atoms with van der Waals surface area (Å²) < 4.78 is 29.3. The second-order valence-corrected chi connectivity index (χ2v) is 8.31. The molecule has 0 aliphatic carbocycles. The van der Waals surface area contributed by atoms with E-state index in [1.165, 1.54) is 4.31 Å². The Morgan fingerprint density at radius 2 is 2.00 bits per heavy atom. The van der Waals surface area contributed by atoms with Crippen LogP contribution in [0.15, 0.2) is 41.4 Å². The van der Waals surface area contributed by atoms with Gasteiger partial charge in [-0.2, -0.15) is 9.40 Å². The molecule has 26 heavy (non-hydrogen) atoms. The molecule has 0 bridgehead atoms. The highest BCUT2D eigenvalue weighted by Crippen LogP contribution is 2.27. The van der Waals surface area contributed by atoms with Gasteiger partial charge in [0.25, 0.3) is 0 Å². The van der Waals surface area contributed by atoms with Gasteiger partial charge in [0, 0.05) is 31.3 Å². The highest BCUT2D eigenvalue weighted by molar-refractivity contribution is 7.89. The fraction of sp³-hybridized carbons (Fsp3) is 0.333. The Kier molecular flexibility index (Phi) is 4.16. The van der Waals surface area contributed by atoms with E-state index < -0.39 is 10.0 Å². The number of benzene rings is 1. The van der Waals surface area contributed by atoms with Gasteiger partial charge in [-0.3, -0.25) is 4.68 Å². The zero-order valence-electron chi connectivity index (χ0n) is 14.8. The Labute approximate surface area is 152 Å². The number of aromatic amines is 1. The summed E-state index contributed by atoms with van der Waals surface area (Å²) in [7, 11) is -3.58. The molecule has 1 aromatic carbocycles. The molecule has 0 saturated heterocycles. The summed E-state index contributed by atoms with van der Waals surface area (Å²) in [5.41, 5.74) is 3.33. The lowest BCUT2D eigenvalue weighted by Crippen LogP contribution is -2.36. The summed E-state index contributed by atoms with van der Waals surface area (Å²) in [6.45, 7) is 5.03. The SMILES string of the molecule is CCn1cc(S(=O)(=O)N2CCc3nc(-c4ccccc4)[nH]c3C2)c(C)n1. The van der Waals surface area contributed by atoms with E-state index in [-0.39, 0.29) is 4.90 Å². The predicted molar refractivity (Wildman–Crippen MR) is 98.0 cm³/mol. The maximum absolute atomic E-state index is 13.1. The third kappa shape index (κ3) is 2.85. The molecule has 7 nitrogen and oxygen atoms in total. The van der Waals surface area contributed by atoms with Gasteiger partial charge in [0.15, 0.2) is 0 Å². The Balaban J connectivity index is 1.64. The molecule has 1 aliphatic rings. The van der Waals surface area contributed by atoms with E-state index in [4.69, 9.17) is 0 Å². The molecule has 0 saturated carbocycles. The minimum atomic E-state index is -3.58. The number of nitrogens with one attached hydrogen (secondary N) is 1. The minimum absolute atomic E-state index is 0.283. The van der Waals surface area contributed by atoms with Crippen LogP contribution in [-0.2, 0) is 29.5 Å². The summed E-state index contributed by atoms with van der Waals surface area (Å²) in [5, 5.41) is 4.27. The van der Waals surface area contributed by atoms with Crippen LogP contribution in [0, 0.1) is 6.92 Å². The molecule has 1 aliphatic heterocycles. The fourth-order valence-electron chi connectivity index (χ4n) is 3.26. The molecule has 4 rings (SSSR count). The zero-order chi connectivity index (χ0) is 18.3. The molecule has 2 aromatic heterocycles. The lowest BCUT2D eigenvalue weighted by Gasteiger charge is -2.25. The van der Waals surface area contributed by atoms with Gasteiger partial charge in [-0.1, -0.05) is 30.3 Å². The molecule has 0 atom stereocenters. The number of aromatic nitrogens is 4. The van der Waals surface area contributed by atoms with Crippen LogP contribution in [0.1, 0.15) is 24.0 Å². The first kappa shape index (κ1) is 17.0. The quantitative estimate of drug-likeness (QED) is 0.763. The smallest absolute Gasteiger partial charge is 0.246 e. The molecule has 0 spiro atoms. The Bertz CT molecular complexity index is 1040. The van der Waals surface area contributed by atoms with Gasteiger partial charge < -0.3 is 4.98 Å². The van der Waals surface area contributed by atoms with Crippen LogP contribution in [0.2, 0.25) is 0 Å². The molecular formula is C18H21N5O2S. The number of hydrogen-bond acceptors (Lipinski definition) is 4. The number of nitrogens with zero attached hydrogens (tertiary/aromatic N) is 4. The van der Waals surface area contributed by atoms with Crippen LogP contribution >= 0.6 is 0 Å². The standard InChI is InChI=1S/C18H21N5O2S/c1-3-22-12-17(13(2)21-22)26(24,25)23-10-9-15-16(11-23)20-18(19-15)14-7-5-4-6-8-14/h4-8,12H,3,9-11H2,1-2H3,(H,19,20). The molecule has 3 aromatic rings. The molecule has 0 radical (unpaired) electrons. The molecule has 1 N–H and O–H groups in total. The number of hydrogen-bond donors (Lipinski definition) is 1. The van der Waals surface area contributed by atoms with E-state index >= 15 is 0 Å². The summed E-state index contributed by atoms with van der Waals surface area (Å²) in [5.74, 6) is 0.782. The number of H-pyrrole nitrogens is 1. The van der Waals surface area contributed by atoms with Crippen LogP contribution in [0.3, 0.4) is 0 Å². The first-order valence-electron chi connectivity index (χ1n) is 8.66. The number of imidazole rings is 1. The molecular weight excluding hydrogens is 350 g/mol. The average Bonchev–Trinajstić information content (AvgIpc) is 3.25. The first-order valence-corrected chi connectivity index (χ1v) is 10.1. The van der Waals surface area contributed by atoms with E-state index in [0.717, 1.165) is 22.8 Å². The first-order chi connectivity index (χ1) is 12.5. The largest absolute Gasteiger partial charge is 0.341 e. The maximum Gasteiger partial charge on any atom is 0.246 e. The van der Waals surface area contributed by atoms with Crippen LogP contribution < -0.4 is 0 Å². The topological polar surface area (TPSA) is 83.9 Å². The van der Waals surface area contributed by atoms with Crippen LogP contribution in [0.25, 0.3) is 11.4 Å². The van der Waals surface area contributed by atoms with Gasteiger partial charge in [0.2, 0.25) is 10.0 Å². The van der Waals surface area contributed by atoms with E-state index in [1.807, 2.05) is 37.3 Å². The number of rotatable bonds is 4. The van der Waals surface area contributed by atoms with Crippen LogP contribution in [-0.4, -0.2) is 39.0 Å². The van der Waals surface area contributed by atoms with Crippen molar-refractivity contribution in [2.75, 3.05) is 6.54 Å². The number of fused-ring (bicyclic) bond motifs is 1.